The highest BCUT2D eigenvalue weighted by atomic mass is 19.4. The lowest BCUT2D eigenvalue weighted by Crippen LogP contribution is -2.41. The van der Waals surface area contributed by atoms with E-state index in [0.717, 1.165) is 0 Å². The molecule has 0 saturated carbocycles. The van der Waals surface area contributed by atoms with E-state index in [9.17, 15) is 27.2 Å². The van der Waals surface area contributed by atoms with Crippen molar-refractivity contribution in [1.29, 1.82) is 0 Å². The van der Waals surface area contributed by atoms with Gasteiger partial charge in [0.1, 0.15) is 5.82 Å². The van der Waals surface area contributed by atoms with Crippen molar-refractivity contribution in [2.24, 2.45) is 0 Å². The first-order chi connectivity index (χ1) is 10.1. The summed E-state index contributed by atoms with van der Waals surface area (Å²) in [6.45, 7) is 1.30. The molecule has 5 nitrogen and oxygen atoms in total. The van der Waals surface area contributed by atoms with E-state index in [1.165, 1.54) is 6.92 Å². The number of carbonyl (C=O) groups excluding carboxylic acids is 2. The normalized spacial score (nSPS) is 12.6. The molecule has 0 spiro atoms. The predicted molar refractivity (Wildman–Crippen MR) is 69.3 cm³/mol. The summed E-state index contributed by atoms with van der Waals surface area (Å²) in [7, 11) is 0. The van der Waals surface area contributed by atoms with Gasteiger partial charge in [0.05, 0.1) is 11.3 Å². The fourth-order valence-electron chi connectivity index (χ4n) is 1.53. The quantitative estimate of drug-likeness (QED) is 0.583. The maximum absolute atomic E-state index is 13.4. The minimum atomic E-state index is -4.70. The zero-order chi connectivity index (χ0) is 16.9. The lowest BCUT2D eigenvalue weighted by atomic mass is 10.2. The number of hydrogen-bond acceptors (Lipinski definition) is 3. The molecular weight excluding hydrogens is 308 g/mol. The van der Waals surface area contributed by atoms with Gasteiger partial charge in [0.15, 0.2) is 0 Å². The fraction of sp³-hybridized carbons (Fsp3) is 0.385. The van der Waals surface area contributed by atoms with Gasteiger partial charge in [0.25, 0.3) is 0 Å². The van der Waals surface area contributed by atoms with Crippen molar-refractivity contribution in [3.05, 3.63) is 29.6 Å². The van der Waals surface area contributed by atoms with Crippen LogP contribution in [0.5, 0.6) is 0 Å². The number of aliphatic hydroxyl groups is 1. The third-order valence-electron chi connectivity index (χ3n) is 2.69. The Bertz CT molecular complexity index is 561. The third-order valence-corrected chi connectivity index (χ3v) is 2.69. The smallest absolute Gasteiger partial charge is 0.396 e. The molecule has 1 rings (SSSR count). The minimum Gasteiger partial charge on any atom is -0.396 e. The molecule has 0 bridgehead atoms. The largest absolute Gasteiger partial charge is 0.416 e. The fourth-order valence-corrected chi connectivity index (χ4v) is 1.53. The summed E-state index contributed by atoms with van der Waals surface area (Å²) in [4.78, 5) is 23.0. The van der Waals surface area contributed by atoms with Gasteiger partial charge in [-0.15, -0.1) is 0 Å². The van der Waals surface area contributed by atoms with Gasteiger partial charge in [-0.25, -0.2) is 4.39 Å². The van der Waals surface area contributed by atoms with Crippen molar-refractivity contribution in [2.75, 3.05) is 11.9 Å². The second-order valence-corrected chi connectivity index (χ2v) is 4.53. The molecular formula is C13H14F4N2O3. The molecule has 0 unspecified atom stereocenters. The molecule has 22 heavy (non-hydrogen) atoms. The Morgan fingerprint density at radius 1 is 1.27 bits per heavy atom. The van der Waals surface area contributed by atoms with Crippen molar-refractivity contribution in [1.82, 2.24) is 5.32 Å². The van der Waals surface area contributed by atoms with Gasteiger partial charge in [-0.3, -0.25) is 9.59 Å². The summed E-state index contributed by atoms with van der Waals surface area (Å²) < 4.78 is 51.0. The molecule has 0 heterocycles. The monoisotopic (exact) mass is 322 g/mol. The third kappa shape index (κ3) is 4.99. The number of carbonyl (C=O) groups is 2. The first kappa shape index (κ1) is 17.9. The van der Waals surface area contributed by atoms with E-state index in [2.05, 4.69) is 5.32 Å². The molecule has 0 saturated heterocycles. The first-order valence-corrected chi connectivity index (χ1v) is 6.24. The first-order valence-electron chi connectivity index (χ1n) is 6.24. The Labute approximate surface area is 123 Å². The van der Waals surface area contributed by atoms with Crippen molar-refractivity contribution in [3.8, 4) is 0 Å². The van der Waals surface area contributed by atoms with Crippen LogP contribution in [0, 0.1) is 5.82 Å². The highest BCUT2D eigenvalue weighted by molar-refractivity contribution is 6.39. The Hall–Kier alpha value is -2.16. The maximum atomic E-state index is 13.4. The molecule has 1 atom stereocenters. The van der Waals surface area contributed by atoms with Crippen LogP contribution in [0.3, 0.4) is 0 Å². The molecule has 122 valence electrons. The minimum absolute atomic E-state index is 0.191. The zero-order valence-corrected chi connectivity index (χ0v) is 11.5. The summed E-state index contributed by atoms with van der Waals surface area (Å²) in [6.07, 6.45) is -4.51. The Morgan fingerprint density at radius 2 is 1.91 bits per heavy atom. The maximum Gasteiger partial charge on any atom is 0.416 e. The Kier molecular flexibility index (Phi) is 5.86. The molecule has 0 aliphatic heterocycles. The number of benzene rings is 1. The highest BCUT2D eigenvalue weighted by Gasteiger charge is 2.31. The molecule has 1 aromatic carbocycles. The van der Waals surface area contributed by atoms with Crippen molar-refractivity contribution in [2.45, 2.75) is 25.6 Å². The SMILES string of the molecule is C[C@H](CCO)NC(=O)C(=O)Nc1cc(C(F)(F)F)ccc1F. The van der Waals surface area contributed by atoms with Gasteiger partial charge < -0.3 is 15.7 Å². The zero-order valence-electron chi connectivity index (χ0n) is 11.5. The van der Waals surface area contributed by atoms with Crippen LogP contribution in [-0.4, -0.2) is 29.6 Å². The number of amides is 2. The van der Waals surface area contributed by atoms with Crippen molar-refractivity contribution >= 4 is 17.5 Å². The van der Waals surface area contributed by atoms with Crippen LogP contribution in [0.2, 0.25) is 0 Å². The lowest BCUT2D eigenvalue weighted by Gasteiger charge is -2.13. The molecule has 1 aromatic rings. The number of nitrogens with one attached hydrogen (secondary N) is 2. The van der Waals surface area contributed by atoms with Gasteiger partial charge in [-0.1, -0.05) is 0 Å². The summed E-state index contributed by atoms with van der Waals surface area (Å²) in [5.74, 6) is -3.54. The van der Waals surface area contributed by atoms with Crippen LogP contribution >= 0.6 is 0 Å². The number of anilines is 1. The van der Waals surface area contributed by atoms with Gasteiger partial charge in [0.2, 0.25) is 0 Å². The van der Waals surface area contributed by atoms with E-state index in [-0.39, 0.29) is 13.0 Å². The number of halogens is 4. The van der Waals surface area contributed by atoms with Crippen LogP contribution in [0.15, 0.2) is 18.2 Å². The predicted octanol–water partition coefficient (Wildman–Crippen LogP) is 1.67. The van der Waals surface area contributed by atoms with Crippen LogP contribution < -0.4 is 10.6 Å². The van der Waals surface area contributed by atoms with E-state index >= 15 is 0 Å². The van der Waals surface area contributed by atoms with Crippen molar-refractivity contribution < 1.29 is 32.3 Å². The van der Waals surface area contributed by atoms with Crippen LogP contribution in [0.1, 0.15) is 18.9 Å². The number of hydrogen-bond donors (Lipinski definition) is 3. The molecule has 0 fully saturated rings. The molecule has 0 aliphatic rings. The molecule has 9 heteroatoms. The lowest BCUT2D eigenvalue weighted by molar-refractivity contribution is -0.137. The summed E-state index contributed by atoms with van der Waals surface area (Å²) in [5.41, 5.74) is -1.90. The Balaban J connectivity index is 2.81. The van der Waals surface area contributed by atoms with Crippen molar-refractivity contribution in [3.63, 3.8) is 0 Å². The van der Waals surface area contributed by atoms with E-state index in [0.29, 0.717) is 18.2 Å². The topological polar surface area (TPSA) is 78.4 Å². The Morgan fingerprint density at radius 3 is 2.45 bits per heavy atom. The average Bonchev–Trinajstić information content (AvgIpc) is 2.39. The molecule has 0 aliphatic carbocycles. The van der Waals surface area contributed by atoms with Gasteiger partial charge >= 0.3 is 18.0 Å². The molecule has 3 N–H and O–H groups in total. The molecule has 2 amide bonds. The summed E-state index contributed by atoms with van der Waals surface area (Å²) in [6, 6.07) is 0.950. The standard InChI is InChI=1S/C13H14F4N2O3/c1-7(4-5-20)18-11(21)12(22)19-10-6-8(13(15,16)17)2-3-9(10)14/h2-3,6-7,20H,4-5H2,1H3,(H,18,21)(H,19,22)/t7-/m1/s1. The van der Waals surface area contributed by atoms with Gasteiger partial charge in [0, 0.05) is 12.6 Å². The highest BCUT2D eigenvalue weighted by Crippen LogP contribution is 2.31. The second kappa shape index (κ2) is 7.21. The van der Waals surface area contributed by atoms with Gasteiger partial charge in [-0.2, -0.15) is 13.2 Å². The average molecular weight is 322 g/mol. The number of aliphatic hydroxyl groups excluding tert-OH is 1. The van der Waals surface area contributed by atoms with Gasteiger partial charge in [-0.05, 0) is 31.5 Å². The van der Waals surface area contributed by atoms with Crippen LogP contribution in [-0.2, 0) is 15.8 Å². The van der Waals surface area contributed by atoms with E-state index < -0.39 is 41.1 Å². The molecule has 0 aromatic heterocycles. The van der Waals surface area contributed by atoms with Crippen LogP contribution in [0.4, 0.5) is 23.2 Å². The number of rotatable bonds is 4. The van der Waals surface area contributed by atoms with E-state index in [1.807, 2.05) is 0 Å². The number of alkyl halides is 3. The molecule has 0 radical (unpaired) electrons. The summed E-state index contributed by atoms with van der Waals surface area (Å²) in [5, 5.41) is 12.6. The van der Waals surface area contributed by atoms with E-state index in [4.69, 9.17) is 5.11 Å². The van der Waals surface area contributed by atoms with E-state index in [1.54, 1.807) is 5.32 Å². The second-order valence-electron chi connectivity index (χ2n) is 4.53. The van der Waals surface area contributed by atoms with Crippen LogP contribution in [0.25, 0.3) is 0 Å². The summed E-state index contributed by atoms with van der Waals surface area (Å²) >= 11 is 0.